The molecule has 4 heteroatoms. The second-order valence-electron chi connectivity index (χ2n) is 4.80. The van der Waals surface area contributed by atoms with Crippen LogP contribution in [0, 0.1) is 0 Å². The highest BCUT2D eigenvalue weighted by Crippen LogP contribution is 2.18. The monoisotopic (exact) mass is 263 g/mol. The molecule has 0 saturated heterocycles. The molecule has 1 N–H and O–H groups in total. The Kier molecular flexibility index (Phi) is 4.93. The first kappa shape index (κ1) is 13.3. The Hall–Kier alpha value is -1.16. The second kappa shape index (κ2) is 6.69. The Bertz CT molecular complexity index is 374. The molecule has 1 aromatic rings. The van der Waals surface area contributed by atoms with E-state index >= 15 is 0 Å². The lowest BCUT2D eigenvalue weighted by atomic mass is 10.2. The fourth-order valence-electron chi connectivity index (χ4n) is 2.37. The molecule has 0 spiro atoms. The number of rotatable bonds is 4. The number of aromatic nitrogens is 1. The van der Waals surface area contributed by atoms with Crippen molar-refractivity contribution in [2.45, 2.75) is 45.2 Å². The Morgan fingerprint density at radius 1 is 1.39 bits per heavy atom. The summed E-state index contributed by atoms with van der Waals surface area (Å²) in [4.78, 5) is 6.25. The van der Waals surface area contributed by atoms with E-state index in [1.807, 2.05) is 24.5 Å². The third-order valence-electron chi connectivity index (χ3n) is 3.47. The maximum atomic E-state index is 5.51. The van der Waals surface area contributed by atoms with Gasteiger partial charge in [0.1, 0.15) is 0 Å². The van der Waals surface area contributed by atoms with Gasteiger partial charge in [-0.15, -0.1) is 0 Å². The van der Waals surface area contributed by atoms with Crippen LogP contribution in [0.2, 0.25) is 0 Å². The van der Waals surface area contributed by atoms with Crippen molar-refractivity contribution in [3.63, 3.8) is 0 Å². The SMILES string of the molecule is CCN(Cc1ccncc1)C(=S)NC1CCCC1. The van der Waals surface area contributed by atoms with E-state index in [-0.39, 0.29) is 0 Å². The Morgan fingerprint density at radius 3 is 2.67 bits per heavy atom. The molecule has 98 valence electrons. The predicted octanol–water partition coefficient (Wildman–Crippen LogP) is 2.72. The number of nitrogens with zero attached hydrogens (tertiary/aromatic N) is 2. The molecule has 1 fully saturated rings. The summed E-state index contributed by atoms with van der Waals surface area (Å²) < 4.78 is 0. The average Bonchev–Trinajstić information content (AvgIpc) is 2.90. The van der Waals surface area contributed by atoms with E-state index in [0.29, 0.717) is 6.04 Å². The average molecular weight is 263 g/mol. The molecule has 3 nitrogen and oxygen atoms in total. The van der Waals surface area contributed by atoms with Gasteiger partial charge in [-0.25, -0.2) is 0 Å². The summed E-state index contributed by atoms with van der Waals surface area (Å²) in [5.41, 5.74) is 1.25. The van der Waals surface area contributed by atoms with Crippen LogP contribution in [0.1, 0.15) is 38.2 Å². The molecule has 0 aromatic carbocycles. The molecule has 1 heterocycles. The van der Waals surface area contributed by atoms with Crippen LogP contribution in [-0.4, -0.2) is 27.6 Å². The first-order valence-corrected chi connectivity index (χ1v) is 7.14. The topological polar surface area (TPSA) is 28.2 Å². The quantitative estimate of drug-likeness (QED) is 0.846. The summed E-state index contributed by atoms with van der Waals surface area (Å²) in [6.45, 7) is 3.93. The fourth-order valence-corrected chi connectivity index (χ4v) is 2.73. The molecule has 0 unspecified atom stereocenters. The fraction of sp³-hybridized carbons (Fsp3) is 0.571. The van der Waals surface area contributed by atoms with E-state index in [1.165, 1.54) is 31.2 Å². The Morgan fingerprint density at radius 2 is 2.06 bits per heavy atom. The highest BCUT2D eigenvalue weighted by molar-refractivity contribution is 7.80. The summed E-state index contributed by atoms with van der Waals surface area (Å²) in [5, 5.41) is 4.38. The zero-order valence-corrected chi connectivity index (χ0v) is 11.7. The highest BCUT2D eigenvalue weighted by atomic mass is 32.1. The summed E-state index contributed by atoms with van der Waals surface area (Å²) in [5.74, 6) is 0. The molecule has 1 saturated carbocycles. The normalized spacial score (nSPS) is 15.6. The molecule has 0 bridgehead atoms. The first-order chi connectivity index (χ1) is 8.79. The minimum absolute atomic E-state index is 0.587. The molecule has 1 aliphatic carbocycles. The van der Waals surface area contributed by atoms with Crippen molar-refractivity contribution in [2.24, 2.45) is 0 Å². The van der Waals surface area contributed by atoms with Crippen LogP contribution in [0.25, 0.3) is 0 Å². The van der Waals surface area contributed by atoms with Gasteiger partial charge in [0.2, 0.25) is 0 Å². The van der Waals surface area contributed by atoms with Gasteiger partial charge in [0.25, 0.3) is 0 Å². The van der Waals surface area contributed by atoms with Crippen LogP contribution < -0.4 is 5.32 Å². The minimum atomic E-state index is 0.587. The molecule has 2 rings (SSSR count). The molecule has 0 radical (unpaired) electrons. The van der Waals surface area contributed by atoms with Gasteiger partial charge in [-0.05, 0) is 49.7 Å². The van der Waals surface area contributed by atoms with Gasteiger partial charge in [-0.3, -0.25) is 4.98 Å². The zero-order chi connectivity index (χ0) is 12.8. The summed E-state index contributed by atoms with van der Waals surface area (Å²) in [6, 6.07) is 4.67. The molecule has 1 aliphatic rings. The minimum Gasteiger partial charge on any atom is -0.360 e. The number of pyridine rings is 1. The molecule has 1 aromatic heterocycles. The Balaban J connectivity index is 1.89. The van der Waals surface area contributed by atoms with Crippen LogP contribution in [0.15, 0.2) is 24.5 Å². The van der Waals surface area contributed by atoms with Crippen LogP contribution in [0.5, 0.6) is 0 Å². The summed E-state index contributed by atoms with van der Waals surface area (Å²) in [7, 11) is 0. The zero-order valence-electron chi connectivity index (χ0n) is 10.9. The number of nitrogens with one attached hydrogen (secondary N) is 1. The number of hydrogen-bond donors (Lipinski definition) is 1. The van der Waals surface area contributed by atoms with Crippen LogP contribution in [0.4, 0.5) is 0 Å². The third kappa shape index (κ3) is 3.67. The van der Waals surface area contributed by atoms with Gasteiger partial charge in [0.15, 0.2) is 5.11 Å². The summed E-state index contributed by atoms with van der Waals surface area (Å²) in [6.07, 6.45) is 8.83. The summed E-state index contributed by atoms with van der Waals surface area (Å²) >= 11 is 5.51. The van der Waals surface area contributed by atoms with E-state index in [9.17, 15) is 0 Å². The molecule has 0 amide bonds. The maximum Gasteiger partial charge on any atom is 0.169 e. The second-order valence-corrected chi connectivity index (χ2v) is 5.19. The van der Waals surface area contributed by atoms with Crippen molar-refractivity contribution in [3.8, 4) is 0 Å². The van der Waals surface area contributed by atoms with Crippen molar-refractivity contribution in [2.75, 3.05) is 6.54 Å². The van der Waals surface area contributed by atoms with E-state index in [2.05, 4.69) is 22.1 Å². The molecule has 0 aliphatic heterocycles. The third-order valence-corrected chi connectivity index (χ3v) is 3.85. The van der Waals surface area contributed by atoms with Crippen LogP contribution >= 0.6 is 12.2 Å². The van der Waals surface area contributed by atoms with E-state index in [0.717, 1.165) is 18.2 Å². The lowest BCUT2D eigenvalue weighted by Crippen LogP contribution is -2.43. The van der Waals surface area contributed by atoms with Crippen molar-refractivity contribution in [1.29, 1.82) is 0 Å². The lowest BCUT2D eigenvalue weighted by molar-refractivity contribution is 0.417. The van der Waals surface area contributed by atoms with Gasteiger partial charge < -0.3 is 10.2 Å². The molecule has 18 heavy (non-hydrogen) atoms. The van der Waals surface area contributed by atoms with Gasteiger partial charge in [0.05, 0.1) is 0 Å². The number of thiocarbonyl (C=S) groups is 1. The standard InChI is InChI=1S/C14H21N3S/c1-2-17(11-12-7-9-15-10-8-12)14(18)16-13-5-3-4-6-13/h7-10,13H,2-6,11H2,1H3,(H,16,18). The van der Waals surface area contributed by atoms with E-state index in [1.54, 1.807) is 0 Å². The lowest BCUT2D eigenvalue weighted by Gasteiger charge is -2.26. The predicted molar refractivity (Wildman–Crippen MR) is 78.3 cm³/mol. The van der Waals surface area contributed by atoms with Crippen molar-refractivity contribution >= 4 is 17.3 Å². The molecule has 0 atom stereocenters. The highest BCUT2D eigenvalue weighted by Gasteiger charge is 2.17. The molecular weight excluding hydrogens is 242 g/mol. The van der Waals surface area contributed by atoms with Crippen molar-refractivity contribution < 1.29 is 0 Å². The van der Waals surface area contributed by atoms with Crippen LogP contribution in [0.3, 0.4) is 0 Å². The van der Waals surface area contributed by atoms with E-state index < -0.39 is 0 Å². The van der Waals surface area contributed by atoms with Crippen LogP contribution in [-0.2, 0) is 6.54 Å². The van der Waals surface area contributed by atoms with Gasteiger partial charge in [-0.1, -0.05) is 12.8 Å². The van der Waals surface area contributed by atoms with Gasteiger partial charge >= 0.3 is 0 Å². The first-order valence-electron chi connectivity index (χ1n) is 6.74. The van der Waals surface area contributed by atoms with Gasteiger partial charge in [0, 0.05) is 31.5 Å². The molecular formula is C14H21N3S. The van der Waals surface area contributed by atoms with Crippen molar-refractivity contribution in [3.05, 3.63) is 30.1 Å². The smallest absolute Gasteiger partial charge is 0.169 e. The maximum absolute atomic E-state index is 5.51. The number of hydrogen-bond acceptors (Lipinski definition) is 2. The van der Waals surface area contributed by atoms with E-state index in [4.69, 9.17) is 12.2 Å². The Labute approximate surface area is 115 Å². The van der Waals surface area contributed by atoms with Gasteiger partial charge in [-0.2, -0.15) is 0 Å². The largest absolute Gasteiger partial charge is 0.360 e. The van der Waals surface area contributed by atoms with Crippen molar-refractivity contribution in [1.82, 2.24) is 15.2 Å².